The average Bonchev–Trinajstić information content (AvgIpc) is 3.33. The molecule has 1 aromatic carbocycles. The number of likely N-dealkylation sites (tertiary alicyclic amines) is 1. The summed E-state index contributed by atoms with van der Waals surface area (Å²) < 4.78 is 7.76. The van der Waals surface area contributed by atoms with Crippen LogP contribution in [0.5, 0.6) is 5.75 Å². The van der Waals surface area contributed by atoms with Crippen LogP contribution in [0.15, 0.2) is 36.9 Å². The number of hydrogen-bond donors (Lipinski definition) is 1. The molecule has 2 amide bonds. The molecule has 184 valence electrons. The number of benzene rings is 1. The summed E-state index contributed by atoms with van der Waals surface area (Å²) in [5.74, 6) is 1.53. The standard InChI is InChI=1S/C26H37N5O3/c1-20(2)15-22-17-34-23-9-4-3-7-21(23)8-5-6-10-26(25(33)29-22)11-13-30(14-12-26)24(32)16-31-19-27-18-28-31/h3-4,7,9,18-20,22H,5-6,8,10-17H2,1-2H3,(H,29,33)/t22-/m0/s1. The van der Waals surface area contributed by atoms with Gasteiger partial charge in [0, 0.05) is 13.1 Å². The number of amides is 2. The Hall–Kier alpha value is -2.90. The first-order valence-electron chi connectivity index (χ1n) is 12.6. The number of carbonyl (C=O) groups excluding carboxylic acids is 2. The van der Waals surface area contributed by atoms with E-state index >= 15 is 0 Å². The lowest BCUT2D eigenvalue weighted by Crippen LogP contribution is -2.53. The molecule has 1 N–H and O–H groups in total. The molecule has 0 aliphatic carbocycles. The summed E-state index contributed by atoms with van der Waals surface area (Å²) in [6.45, 7) is 6.19. The second kappa shape index (κ2) is 11.0. The number of fused-ring (bicyclic) bond motifs is 1. The van der Waals surface area contributed by atoms with E-state index in [1.54, 1.807) is 11.0 Å². The monoisotopic (exact) mass is 467 g/mol. The zero-order valence-corrected chi connectivity index (χ0v) is 20.4. The summed E-state index contributed by atoms with van der Waals surface area (Å²) >= 11 is 0. The Morgan fingerprint density at radius 2 is 2.00 bits per heavy atom. The van der Waals surface area contributed by atoms with Gasteiger partial charge in [-0.2, -0.15) is 5.10 Å². The molecule has 2 aromatic rings. The second-order valence-corrected chi connectivity index (χ2v) is 10.2. The smallest absolute Gasteiger partial charge is 0.244 e. The van der Waals surface area contributed by atoms with Gasteiger partial charge in [-0.25, -0.2) is 9.67 Å². The lowest BCUT2D eigenvalue weighted by Gasteiger charge is -2.42. The number of ether oxygens (including phenoxy) is 1. The number of rotatable bonds is 4. The SMILES string of the molecule is CC(C)C[C@H]1COc2ccccc2CCCCC2(CCN(C(=O)Cn3cncn3)CC2)C(=O)N1. The van der Waals surface area contributed by atoms with Crippen molar-refractivity contribution in [3.63, 3.8) is 0 Å². The topological polar surface area (TPSA) is 89.3 Å². The summed E-state index contributed by atoms with van der Waals surface area (Å²) in [5, 5.41) is 7.38. The summed E-state index contributed by atoms with van der Waals surface area (Å²) in [6.07, 6.45) is 9.02. The van der Waals surface area contributed by atoms with Gasteiger partial charge in [0.15, 0.2) is 0 Å². The summed E-state index contributed by atoms with van der Waals surface area (Å²) in [5.41, 5.74) is 0.804. The molecule has 1 atom stereocenters. The first-order valence-corrected chi connectivity index (χ1v) is 12.6. The van der Waals surface area contributed by atoms with Crippen LogP contribution in [0.1, 0.15) is 57.9 Å². The van der Waals surface area contributed by atoms with Crippen molar-refractivity contribution < 1.29 is 14.3 Å². The molecule has 3 heterocycles. The molecular weight excluding hydrogens is 430 g/mol. The molecule has 0 radical (unpaired) electrons. The molecule has 1 aromatic heterocycles. The third-order valence-electron chi connectivity index (χ3n) is 7.17. The predicted octanol–water partition coefficient (Wildman–Crippen LogP) is 3.22. The zero-order valence-electron chi connectivity index (χ0n) is 20.4. The molecule has 2 aliphatic rings. The quantitative estimate of drug-likeness (QED) is 0.746. The molecule has 4 rings (SSSR count). The van der Waals surface area contributed by atoms with Gasteiger partial charge in [0.05, 0.1) is 11.5 Å². The first kappa shape index (κ1) is 24.2. The molecule has 1 spiro atoms. The van der Waals surface area contributed by atoms with E-state index in [1.165, 1.54) is 11.9 Å². The van der Waals surface area contributed by atoms with Crippen LogP contribution in [-0.4, -0.2) is 57.2 Å². The Balaban J connectivity index is 1.46. The van der Waals surface area contributed by atoms with E-state index in [2.05, 4.69) is 41.4 Å². The Kier molecular flexibility index (Phi) is 7.85. The molecule has 0 unspecified atom stereocenters. The Morgan fingerprint density at radius 3 is 2.74 bits per heavy atom. The van der Waals surface area contributed by atoms with Crippen molar-refractivity contribution in [2.45, 2.75) is 71.4 Å². The van der Waals surface area contributed by atoms with Crippen LogP contribution >= 0.6 is 0 Å². The fraction of sp³-hybridized carbons (Fsp3) is 0.615. The third-order valence-corrected chi connectivity index (χ3v) is 7.17. The molecule has 8 heteroatoms. The van der Waals surface area contributed by atoms with Gasteiger partial charge in [0.1, 0.15) is 31.6 Å². The molecule has 0 saturated carbocycles. The van der Waals surface area contributed by atoms with Crippen molar-refractivity contribution in [2.24, 2.45) is 11.3 Å². The highest BCUT2D eigenvalue weighted by atomic mass is 16.5. The molecule has 1 fully saturated rings. The average molecular weight is 468 g/mol. The van der Waals surface area contributed by atoms with Gasteiger partial charge in [0.2, 0.25) is 11.8 Å². The number of nitrogens with zero attached hydrogens (tertiary/aromatic N) is 4. The van der Waals surface area contributed by atoms with Crippen LogP contribution in [-0.2, 0) is 22.6 Å². The van der Waals surface area contributed by atoms with Gasteiger partial charge in [-0.15, -0.1) is 0 Å². The maximum atomic E-state index is 13.7. The summed E-state index contributed by atoms with van der Waals surface area (Å²) in [7, 11) is 0. The number of hydrogen-bond acceptors (Lipinski definition) is 5. The van der Waals surface area contributed by atoms with E-state index in [-0.39, 0.29) is 24.4 Å². The molecule has 1 saturated heterocycles. The van der Waals surface area contributed by atoms with Gasteiger partial charge in [-0.05, 0) is 56.1 Å². The number of aromatic nitrogens is 3. The molecule has 2 aliphatic heterocycles. The fourth-order valence-electron chi connectivity index (χ4n) is 5.22. The van der Waals surface area contributed by atoms with Crippen molar-refractivity contribution in [3.05, 3.63) is 42.5 Å². The first-order chi connectivity index (χ1) is 16.4. The lowest BCUT2D eigenvalue weighted by molar-refractivity contribution is -0.142. The van der Waals surface area contributed by atoms with Crippen molar-refractivity contribution in [2.75, 3.05) is 19.7 Å². The summed E-state index contributed by atoms with van der Waals surface area (Å²) in [6, 6.07) is 8.21. The van der Waals surface area contributed by atoms with Crippen LogP contribution in [0.2, 0.25) is 0 Å². The summed E-state index contributed by atoms with van der Waals surface area (Å²) in [4.78, 5) is 32.2. The van der Waals surface area contributed by atoms with Crippen LogP contribution in [0, 0.1) is 11.3 Å². The van der Waals surface area contributed by atoms with Crippen molar-refractivity contribution >= 4 is 11.8 Å². The third kappa shape index (κ3) is 5.96. The van der Waals surface area contributed by atoms with Crippen LogP contribution in [0.25, 0.3) is 0 Å². The van der Waals surface area contributed by atoms with Gasteiger partial charge in [-0.1, -0.05) is 38.5 Å². The number of nitrogens with one attached hydrogen (secondary N) is 1. The highest BCUT2D eigenvalue weighted by Gasteiger charge is 2.42. The number of carbonyl (C=O) groups is 2. The molecular formula is C26H37N5O3. The Labute approximate surface area is 202 Å². The zero-order chi connectivity index (χ0) is 24.0. The minimum absolute atomic E-state index is 0.0246. The van der Waals surface area contributed by atoms with E-state index in [1.807, 2.05) is 17.0 Å². The Bertz CT molecular complexity index is 951. The Morgan fingerprint density at radius 1 is 1.21 bits per heavy atom. The number of piperidine rings is 1. The van der Waals surface area contributed by atoms with E-state index in [4.69, 9.17) is 4.74 Å². The van der Waals surface area contributed by atoms with Gasteiger partial charge in [0.25, 0.3) is 0 Å². The van der Waals surface area contributed by atoms with Crippen LogP contribution < -0.4 is 10.1 Å². The van der Waals surface area contributed by atoms with Crippen molar-refractivity contribution in [1.82, 2.24) is 25.0 Å². The van der Waals surface area contributed by atoms with Crippen LogP contribution in [0.4, 0.5) is 0 Å². The molecule has 0 bridgehead atoms. The van der Waals surface area contributed by atoms with Gasteiger partial charge >= 0.3 is 0 Å². The van der Waals surface area contributed by atoms with E-state index in [0.717, 1.165) is 37.9 Å². The lowest BCUT2D eigenvalue weighted by atomic mass is 9.73. The fourth-order valence-corrected chi connectivity index (χ4v) is 5.22. The minimum atomic E-state index is -0.433. The maximum Gasteiger partial charge on any atom is 0.244 e. The largest absolute Gasteiger partial charge is 0.491 e. The van der Waals surface area contributed by atoms with E-state index in [0.29, 0.717) is 38.5 Å². The second-order valence-electron chi connectivity index (χ2n) is 10.2. The number of para-hydroxylation sites is 1. The normalized spacial score (nSPS) is 21.2. The molecule has 8 nitrogen and oxygen atoms in total. The van der Waals surface area contributed by atoms with Gasteiger partial charge < -0.3 is 15.0 Å². The minimum Gasteiger partial charge on any atom is -0.491 e. The van der Waals surface area contributed by atoms with E-state index < -0.39 is 5.41 Å². The van der Waals surface area contributed by atoms with Gasteiger partial charge in [-0.3, -0.25) is 9.59 Å². The highest BCUT2D eigenvalue weighted by molar-refractivity contribution is 5.83. The molecule has 34 heavy (non-hydrogen) atoms. The van der Waals surface area contributed by atoms with E-state index in [9.17, 15) is 9.59 Å². The maximum absolute atomic E-state index is 13.7. The predicted molar refractivity (Wildman–Crippen MR) is 129 cm³/mol. The van der Waals surface area contributed by atoms with Crippen molar-refractivity contribution in [1.29, 1.82) is 0 Å². The number of aryl methyl sites for hydroxylation is 1. The highest BCUT2D eigenvalue weighted by Crippen LogP contribution is 2.38. The van der Waals surface area contributed by atoms with Crippen molar-refractivity contribution in [3.8, 4) is 5.75 Å². The van der Waals surface area contributed by atoms with Crippen LogP contribution in [0.3, 0.4) is 0 Å².